The average molecular weight is 428 g/mol. The molecule has 2 amide bonds. The maximum atomic E-state index is 12.9. The molecule has 2 N–H and O–H groups in total. The molecule has 0 saturated carbocycles. The molecule has 0 radical (unpaired) electrons. The van der Waals surface area contributed by atoms with Crippen molar-refractivity contribution in [2.75, 3.05) is 4.90 Å². The molecule has 0 unspecified atom stereocenters. The predicted molar refractivity (Wildman–Crippen MR) is 106 cm³/mol. The van der Waals surface area contributed by atoms with E-state index in [2.05, 4.69) is 5.32 Å². The van der Waals surface area contributed by atoms with Crippen molar-refractivity contribution >= 4 is 75.7 Å². The van der Waals surface area contributed by atoms with Crippen LogP contribution in [0.15, 0.2) is 42.0 Å². The molecule has 1 saturated heterocycles. The summed E-state index contributed by atoms with van der Waals surface area (Å²) in [6.45, 7) is 0. The highest BCUT2D eigenvalue weighted by molar-refractivity contribution is 7.80. The maximum absolute atomic E-state index is 12.9. The van der Waals surface area contributed by atoms with Crippen LogP contribution in [0.1, 0.15) is 5.56 Å². The second-order valence-electron chi connectivity index (χ2n) is 5.26. The molecule has 132 valence electrons. The van der Waals surface area contributed by atoms with E-state index in [4.69, 9.17) is 47.0 Å². The molecule has 1 aliphatic rings. The van der Waals surface area contributed by atoms with Gasteiger partial charge in [-0.1, -0.05) is 34.8 Å². The number of anilines is 1. The Morgan fingerprint density at radius 2 is 1.69 bits per heavy atom. The monoisotopic (exact) mass is 426 g/mol. The van der Waals surface area contributed by atoms with Gasteiger partial charge in [0.15, 0.2) is 5.11 Å². The van der Waals surface area contributed by atoms with Gasteiger partial charge in [-0.2, -0.15) is 0 Å². The molecular formula is C17H9Cl3N2O3S. The average Bonchev–Trinajstić information content (AvgIpc) is 2.56. The molecule has 9 heteroatoms. The molecule has 2 aromatic rings. The Bertz CT molecular complexity index is 991. The molecule has 3 rings (SSSR count). The molecule has 0 aromatic heterocycles. The highest BCUT2D eigenvalue weighted by Crippen LogP contribution is 2.32. The van der Waals surface area contributed by atoms with Gasteiger partial charge < -0.3 is 5.11 Å². The van der Waals surface area contributed by atoms with Crippen molar-refractivity contribution < 1.29 is 14.7 Å². The van der Waals surface area contributed by atoms with Gasteiger partial charge in [-0.05, 0) is 54.7 Å². The van der Waals surface area contributed by atoms with Crippen LogP contribution in [0, 0.1) is 0 Å². The molecule has 1 heterocycles. The van der Waals surface area contributed by atoms with Gasteiger partial charge in [-0.15, -0.1) is 0 Å². The lowest BCUT2D eigenvalue weighted by Gasteiger charge is -2.29. The molecule has 0 aliphatic carbocycles. The lowest BCUT2D eigenvalue weighted by atomic mass is 10.1. The zero-order chi connectivity index (χ0) is 19.0. The quantitative estimate of drug-likeness (QED) is 0.428. The van der Waals surface area contributed by atoms with E-state index in [0.29, 0.717) is 10.0 Å². The van der Waals surface area contributed by atoms with E-state index in [1.807, 2.05) is 0 Å². The third kappa shape index (κ3) is 3.54. The number of carbonyl (C=O) groups is 2. The standard InChI is InChI=1S/C17H9Cl3N2O3S/c18-9-2-4-14(23)8(5-9)6-11-15(24)21-17(26)22(16(11)25)13-3-1-10(19)7-12(13)20/h1-7,23H,(H,21,24,26)/b11-6+. The molecule has 1 fully saturated rings. The van der Waals surface area contributed by atoms with Gasteiger partial charge >= 0.3 is 0 Å². The number of amides is 2. The van der Waals surface area contributed by atoms with Crippen LogP contribution in [0.2, 0.25) is 15.1 Å². The number of phenolic OH excluding ortho intramolecular Hbond substituents is 1. The summed E-state index contributed by atoms with van der Waals surface area (Å²) in [6, 6.07) is 8.78. The van der Waals surface area contributed by atoms with E-state index in [1.165, 1.54) is 36.4 Å². The Morgan fingerprint density at radius 3 is 2.38 bits per heavy atom. The Labute approximate surface area is 168 Å². The molecule has 5 nitrogen and oxygen atoms in total. The van der Waals surface area contributed by atoms with Crippen LogP contribution in [0.4, 0.5) is 5.69 Å². The summed E-state index contributed by atoms with van der Waals surface area (Å²) in [7, 11) is 0. The third-order valence-corrected chi connectivity index (χ3v) is 4.60. The Kier molecular flexibility index (Phi) is 5.20. The van der Waals surface area contributed by atoms with Crippen LogP contribution in [0.3, 0.4) is 0 Å². The number of phenols is 1. The fourth-order valence-electron chi connectivity index (χ4n) is 2.34. The minimum atomic E-state index is -0.694. The number of carbonyl (C=O) groups excluding carboxylic acids is 2. The molecule has 26 heavy (non-hydrogen) atoms. The van der Waals surface area contributed by atoms with Gasteiger partial charge in [-0.25, -0.2) is 0 Å². The minimum absolute atomic E-state index is 0.114. The lowest BCUT2D eigenvalue weighted by molar-refractivity contribution is -0.122. The van der Waals surface area contributed by atoms with Crippen molar-refractivity contribution in [1.29, 1.82) is 0 Å². The summed E-state index contributed by atoms with van der Waals surface area (Å²) >= 11 is 23.0. The number of rotatable bonds is 2. The summed E-state index contributed by atoms with van der Waals surface area (Å²) in [5.41, 5.74) is 0.250. The fourth-order valence-corrected chi connectivity index (χ4v) is 3.28. The first-order valence-corrected chi connectivity index (χ1v) is 8.67. The summed E-state index contributed by atoms with van der Waals surface area (Å²) in [6.07, 6.45) is 1.23. The smallest absolute Gasteiger partial charge is 0.270 e. The van der Waals surface area contributed by atoms with Gasteiger partial charge in [0.2, 0.25) is 0 Å². The van der Waals surface area contributed by atoms with Crippen molar-refractivity contribution in [3.63, 3.8) is 0 Å². The van der Waals surface area contributed by atoms with Gasteiger partial charge in [0.25, 0.3) is 11.8 Å². The molecule has 0 bridgehead atoms. The number of nitrogens with zero attached hydrogens (tertiary/aromatic N) is 1. The normalized spacial score (nSPS) is 16.2. The van der Waals surface area contributed by atoms with E-state index < -0.39 is 11.8 Å². The number of nitrogens with one attached hydrogen (secondary N) is 1. The number of hydrogen-bond acceptors (Lipinski definition) is 4. The van der Waals surface area contributed by atoms with E-state index in [9.17, 15) is 14.7 Å². The summed E-state index contributed by atoms with van der Waals surface area (Å²) < 4.78 is 0. The van der Waals surface area contributed by atoms with Crippen LogP contribution >= 0.6 is 47.0 Å². The van der Waals surface area contributed by atoms with Crippen LogP contribution in [-0.4, -0.2) is 22.0 Å². The number of halogens is 3. The van der Waals surface area contributed by atoms with Crippen molar-refractivity contribution in [2.24, 2.45) is 0 Å². The first-order valence-electron chi connectivity index (χ1n) is 7.13. The van der Waals surface area contributed by atoms with E-state index in [-0.39, 0.29) is 32.7 Å². The largest absolute Gasteiger partial charge is 0.507 e. The first-order chi connectivity index (χ1) is 12.3. The summed E-state index contributed by atoms with van der Waals surface area (Å²) in [5, 5.41) is 13.2. The van der Waals surface area contributed by atoms with Crippen molar-refractivity contribution in [1.82, 2.24) is 5.32 Å². The number of benzene rings is 2. The highest BCUT2D eigenvalue weighted by atomic mass is 35.5. The summed E-state index contributed by atoms with van der Waals surface area (Å²) in [4.78, 5) is 26.2. The molecule has 1 aliphatic heterocycles. The second-order valence-corrected chi connectivity index (χ2v) is 6.92. The Balaban J connectivity index is 2.08. The predicted octanol–water partition coefficient (Wildman–Crippen LogP) is 4.18. The Morgan fingerprint density at radius 1 is 1.04 bits per heavy atom. The highest BCUT2D eigenvalue weighted by Gasteiger charge is 2.35. The van der Waals surface area contributed by atoms with Crippen LogP contribution in [0.5, 0.6) is 5.75 Å². The maximum Gasteiger partial charge on any atom is 0.270 e. The van der Waals surface area contributed by atoms with Crippen molar-refractivity contribution in [3.05, 3.63) is 62.6 Å². The van der Waals surface area contributed by atoms with Crippen molar-refractivity contribution in [3.8, 4) is 5.75 Å². The van der Waals surface area contributed by atoms with Gasteiger partial charge in [-0.3, -0.25) is 19.8 Å². The van der Waals surface area contributed by atoms with Gasteiger partial charge in [0, 0.05) is 15.6 Å². The SMILES string of the molecule is O=C1NC(=S)N(c2ccc(Cl)cc2Cl)C(=O)/C1=C/c1cc(Cl)ccc1O. The summed E-state index contributed by atoms with van der Waals surface area (Å²) in [5.74, 6) is -1.52. The van der Waals surface area contributed by atoms with Gasteiger partial charge in [0.05, 0.1) is 10.7 Å². The number of aromatic hydroxyl groups is 1. The molecule has 0 spiro atoms. The lowest BCUT2D eigenvalue weighted by Crippen LogP contribution is -2.54. The van der Waals surface area contributed by atoms with E-state index in [1.54, 1.807) is 6.07 Å². The number of thiocarbonyl (C=S) groups is 1. The fraction of sp³-hybridized carbons (Fsp3) is 0. The van der Waals surface area contributed by atoms with Crippen LogP contribution < -0.4 is 10.2 Å². The molecule has 2 aromatic carbocycles. The second kappa shape index (κ2) is 7.25. The number of hydrogen-bond donors (Lipinski definition) is 2. The zero-order valence-corrected chi connectivity index (χ0v) is 15.9. The van der Waals surface area contributed by atoms with Crippen molar-refractivity contribution in [2.45, 2.75) is 0 Å². The van der Waals surface area contributed by atoms with E-state index >= 15 is 0 Å². The first kappa shape index (κ1) is 18.7. The van der Waals surface area contributed by atoms with Crippen LogP contribution in [0.25, 0.3) is 6.08 Å². The topological polar surface area (TPSA) is 69.6 Å². The van der Waals surface area contributed by atoms with Gasteiger partial charge in [0.1, 0.15) is 11.3 Å². The van der Waals surface area contributed by atoms with Crippen LogP contribution in [-0.2, 0) is 9.59 Å². The third-order valence-electron chi connectivity index (χ3n) is 3.54. The molecular weight excluding hydrogens is 419 g/mol. The Hall–Kier alpha value is -2.12. The zero-order valence-electron chi connectivity index (χ0n) is 12.8. The minimum Gasteiger partial charge on any atom is -0.507 e. The molecule has 0 atom stereocenters. The van der Waals surface area contributed by atoms with E-state index in [0.717, 1.165) is 4.90 Å².